The maximum atomic E-state index is 12.5. The fourth-order valence-corrected chi connectivity index (χ4v) is 2.30. The van der Waals surface area contributed by atoms with Crippen molar-refractivity contribution in [2.24, 2.45) is 0 Å². The number of rotatable bonds is 8. The number of hydrogen-bond donors (Lipinski definition) is 1. The average molecular weight is 378 g/mol. The Hall–Kier alpha value is -2.40. The van der Waals surface area contributed by atoms with E-state index in [1.807, 2.05) is 31.2 Å². The Morgan fingerprint density at radius 3 is 2.15 bits per heavy atom. The Kier molecular flexibility index (Phi) is 6.75. The number of amides is 1. The van der Waals surface area contributed by atoms with Gasteiger partial charge in [-0.1, -0.05) is 11.6 Å². The van der Waals surface area contributed by atoms with E-state index in [9.17, 15) is 4.79 Å². The summed E-state index contributed by atoms with van der Waals surface area (Å²) < 4.78 is 16.6. The molecule has 0 bridgehead atoms. The molecule has 2 rings (SSSR count). The first kappa shape index (κ1) is 19.9. The zero-order valence-corrected chi connectivity index (χ0v) is 16.2. The molecule has 6 heteroatoms. The summed E-state index contributed by atoms with van der Waals surface area (Å²) in [5, 5.41) is 3.52. The molecule has 2 aromatic carbocycles. The zero-order chi connectivity index (χ0) is 19.2. The van der Waals surface area contributed by atoms with Gasteiger partial charge in [-0.3, -0.25) is 4.79 Å². The third-order valence-electron chi connectivity index (χ3n) is 3.67. The van der Waals surface area contributed by atoms with Crippen molar-refractivity contribution in [1.29, 1.82) is 0 Å². The highest BCUT2D eigenvalue weighted by Crippen LogP contribution is 2.21. The van der Waals surface area contributed by atoms with E-state index in [-0.39, 0.29) is 11.9 Å². The summed E-state index contributed by atoms with van der Waals surface area (Å²) in [5.74, 6) is 1.83. The Bertz CT molecular complexity index is 714. The van der Waals surface area contributed by atoms with Gasteiger partial charge in [-0.2, -0.15) is 0 Å². The molecule has 0 unspecified atom stereocenters. The second kappa shape index (κ2) is 8.81. The maximum Gasteiger partial charge on any atom is 0.263 e. The fourth-order valence-electron chi connectivity index (χ4n) is 2.18. The third-order valence-corrected chi connectivity index (χ3v) is 3.92. The maximum absolute atomic E-state index is 12.5. The Morgan fingerprint density at radius 1 is 1.04 bits per heavy atom. The third kappa shape index (κ3) is 5.85. The zero-order valence-electron chi connectivity index (χ0n) is 15.4. The van der Waals surface area contributed by atoms with Crippen LogP contribution in [0.2, 0.25) is 5.02 Å². The second-order valence-corrected chi connectivity index (χ2v) is 6.86. The van der Waals surface area contributed by atoms with Gasteiger partial charge in [-0.05, 0) is 69.3 Å². The molecule has 0 aliphatic carbocycles. The number of benzene rings is 2. The van der Waals surface area contributed by atoms with Crippen LogP contribution in [0.3, 0.4) is 0 Å². The number of halogens is 1. The lowest BCUT2D eigenvalue weighted by molar-refractivity contribution is -0.135. The largest absolute Gasteiger partial charge is 0.497 e. The molecule has 5 nitrogen and oxygen atoms in total. The average Bonchev–Trinajstić information content (AvgIpc) is 2.62. The van der Waals surface area contributed by atoms with E-state index < -0.39 is 5.60 Å². The quantitative estimate of drug-likeness (QED) is 0.752. The molecule has 0 aliphatic heterocycles. The molecule has 1 atom stereocenters. The molecule has 1 N–H and O–H groups in total. The first-order valence-corrected chi connectivity index (χ1v) is 8.70. The van der Waals surface area contributed by atoms with Crippen LogP contribution in [-0.2, 0) is 4.79 Å². The smallest absolute Gasteiger partial charge is 0.263 e. The number of ether oxygens (including phenoxy) is 3. The molecule has 0 aromatic heterocycles. The molecule has 0 saturated carbocycles. The molecule has 0 heterocycles. The van der Waals surface area contributed by atoms with Crippen molar-refractivity contribution in [3.63, 3.8) is 0 Å². The van der Waals surface area contributed by atoms with Crippen molar-refractivity contribution < 1.29 is 19.0 Å². The van der Waals surface area contributed by atoms with E-state index in [0.29, 0.717) is 23.1 Å². The minimum absolute atomic E-state index is 0.183. The second-order valence-electron chi connectivity index (χ2n) is 6.43. The van der Waals surface area contributed by atoms with Gasteiger partial charge in [0.05, 0.1) is 13.2 Å². The SMILES string of the molecule is COc1ccc(OC[C@@H](C)NC(=O)C(C)(C)Oc2ccc(Cl)cc2)cc1. The van der Waals surface area contributed by atoms with E-state index in [1.54, 1.807) is 45.2 Å². The molecule has 2 aromatic rings. The molecule has 0 radical (unpaired) electrons. The number of hydrogen-bond acceptors (Lipinski definition) is 4. The molecule has 0 aliphatic rings. The van der Waals surface area contributed by atoms with Crippen LogP contribution in [0.1, 0.15) is 20.8 Å². The highest BCUT2D eigenvalue weighted by atomic mass is 35.5. The van der Waals surface area contributed by atoms with Crippen LogP contribution >= 0.6 is 11.6 Å². The van der Waals surface area contributed by atoms with Crippen molar-refractivity contribution >= 4 is 17.5 Å². The van der Waals surface area contributed by atoms with Crippen molar-refractivity contribution in [3.8, 4) is 17.2 Å². The van der Waals surface area contributed by atoms with E-state index >= 15 is 0 Å². The highest BCUT2D eigenvalue weighted by molar-refractivity contribution is 6.30. The molecule has 0 fully saturated rings. The normalized spacial score (nSPS) is 12.2. The van der Waals surface area contributed by atoms with Gasteiger partial charge in [0.1, 0.15) is 23.9 Å². The van der Waals surface area contributed by atoms with Crippen molar-refractivity contribution in [2.45, 2.75) is 32.4 Å². The minimum Gasteiger partial charge on any atom is -0.497 e. The number of carbonyl (C=O) groups is 1. The van der Waals surface area contributed by atoms with Crippen molar-refractivity contribution in [2.75, 3.05) is 13.7 Å². The summed E-state index contributed by atoms with van der Waals surface area (Å²) in [6, 6.07) is 14.0. The number of carbonyl (C=O) groups excluding carboxylic acids is 1. The summed E-state index contributed by atoms with van der Waals surface area (Å²) in [6.07, 6.45) is 0. The lowest BCUT2D eigenvalue weighted by atomic mass is 10.1. The number of nitrogens with one attached hydrogen (secondary N) is 1. The van der Waals surface area contributed by atoms with Gasteiger partial charge in [0.2, 0.25) is 0 Å². The monoisotopic (exact) mass is 377 g/mol. The van der Waals surface area contributed by atoms with Gasteiger partial charge in [0, 0.05) is 5.02 Å². The van der Waals surface area contributed by atoms with Crippen LogP contribution in [0.5, 0.6) is 17.2 Å². The topological polar surface area (TPSA) is 56.8 Å². The van der Waals surface area contributed by atoms with Gasteiger partial charge in [-0.15, -0.1) is 0 Å². The van der Waals surface area contributed by atoms with Gasteiger partial charge in [-0.25, -0.2) is 0 Å². The van der Waals surface area contributed by atoms with Crippen LogP contribution in [0.15, 0.2) is 48.5 Å². The van der Waals surface area contributed by atoms with Crippen molar-refractivity contribution in [3.05, 3.63) is 53.6 Å². The molecular weight excluding hydrogens is 354 g/mol. The summed E-state index contributed by atoms with van der Waals surface area (Å²) >= 11 is 5.86. The first-order valence-electron chi connectivity index (χ1n) is 8.32. The number of methoxy groups -OCH3 is 1. The van der Waals surface area contributed by atoms with Crippen LogP contribution in [-0.4, -0.2) is 31.3 Å². The van der Waals surface area contributed by atoms with E-state index in [0.717, 1.165) is 5.75 Å². The van der Waals surface area contributed by atoms with E-state index in [2.05, 4.69) is 5.32 Å². The summed E-state index contributed by atoms with van der Waals surface area (Å²) in [5.41, 5.74) is -1.03. The van der Waals surface area contributed by atoms with Gasteiger partial charge in [0.25, 0.3) is 5.91 Å². The molecule has 1 amide bonds. The Labute approximate surface area is 159 Å². The fraction of sp³-hybridized carbons (Fsp3) is 0.350. The molecule has 140 valence electrons. The van der Waals surface area contributed by atoms with Gasteiger partial charge >= 0.3 is 0 Å². The molecule has 0 saturated heterocycles. The Balaban J connectivity index is 1.85. The van der Waals surface area contributed by atoms with Crippen LogP contribution in [0.25, 0.3) is 0 Å². The van der Waals surface area contributed by atoms with Gasteiger partial charge in [0.15, 0.2) is 5.60 Å². The summed E-state index contributed by atoms with van der Waals surface area (Å²) in [6.45, 7) is 5.65. The van der Waals surface area contributed by atoms with E-state index in [4.69, 9.17) is 25.8 Å². The van der Waals surface area contributed by atoms with E-state index in [1.165, 1.54) is 0 Å². The molecular formula is C20H24ClNO4. The lowest BCUT2D eigenvalue weighted by Crippen LogP contribution is -2.50. The first-order chi connectivity index (χ1) is 12.3. The van der Waals surface area contributed by atoms with Crippen LogP contribution in [0.4, 0.5) is 0 Å². The van der Waals surface area contributed by atoms with Crippen LogP contribution in [0, 0.1) is 0 Å². The Morgan fingerprint density at radius 2 is 1.58 bits per heavy atom. The molecule has 0 spiro atoms. The highest BCUT2D eigenvalue weighted by Gasteiger charge is 2.31. The lowest BCUT2D eigenvalue weighted by Gasteiger charge is -2.27. The predicted octanol–water partition coefficient (Wildman–Crippen LogP) is 4.09. The summed E-state index contributed by atoms with van der Waals surface area (Å²) in [7, 11) is 1.61. The van der Waals surface area contributed by atoms with Crippen LogP contribution < -0.4 is 19.5 Å². The summed E-state index contributed by atoms with van der Waals surface area (Å²) in [4.78, 5) is 12.5. The minimum atomic E-state index is -1.03. The van der Waals surface area contributed by atoms with Crippen molar-refractivity contribution in [1.82, 2.24) is 5.32 Å². The van der Waals surface area contributed by atoms with Gasteiger partial charge < -0.3 is 19.5 Å². The predicted molar refractivity (Wildman–Crippen MR) is 102 cm³/mol. The standard InChI is InChI=1S/C20H24ClNO4/c1-14(13-25-17-11-9-16(24-4)10-12-17)22-19(23)20(2,3)26-18-7-5-15(21)6-8-18/h5-12,14H,13H2,1-4H3,(H,22,23)/t14-/m1/s1. The molecule has 26 heavy (non-hydrogen) atoms.